The number of nitrogens with zero attached hydrogens (tertiary/aromatic N) is 7. The molecule has 5 heterocycles. The lowest BCUT2D eigenvalue weighted by Gasteiger charge is -2.34. The number of carbonyl (C=O) groups excluding carboxylic acids is 1. The van der Waals surface area contributed by atoms with Crippen molar-refractivity contribution in [3.63, 3.8) is 0 Å². The zero-order chi connectivity index (χ0) is 28.1. The number of ether oxygens (including phenoxy) is 1. The predicted octanol–water partition coefficient (Wildman–Crippen LogP) is 4.22. The first-order valence-electron chi connectivity index (χ1n) is 13.8. The molecule has 0 radical (unpaired) electrons. The van der Waals surface area contributed by atoms with Gasteiger partial charge in [0.2, 0.25) is 5.88 Å². The Bertz CT molecular complexity index is 1760. The van der Waals surface area contributed by atoms with Gasteiger partial charge in [-0.2, -0.15) is 10.2 Å². The average Bonchev–Trinajstić information content (AvgIpc) is 3.56. The number of amides is 1. The molecule has 12 heteroatoms. The van der Waals surface area contributed by atoms with Crippen LogP contribution in [0.3, 0.4) is 0 Å². The van der Waals surface area contributed by atoms with Crippen molar-refractivity contribution in [1.29, 1.82) is 0 Å². The maximum Gasteiger partial charge on any atom is 0.260 e. The lowest BCUT2D eigenvalue weighted by molar-refractivity contribution is 0.102. The van der Waals surface area contributed by atoms with Crippen LogP contribution in [0.15, 0.2) is 49.1 Å². The normalized spacial score (nSPS) is 16.0. The number of nitrogens with one attached hydrogen (secondary N) is 2. The van der Waals surface area contributed by atoms with E-state index in [0.717, 1.165) is 42.7 Å². The van der Waals surface area contributed by atoms with Gasteiger partial charge in [0.15, 0.2) is 11.4 Å². The molecule has 0 unspecified atom stereocenters. The SMILES string of the molecule is Cc1cn2cc(NC(=O)c3c(F)cc(N4CCC(NC5CC5)CC4)c4cn(C)nc34)cc(Oc3cccnn3)c2n1. The van der Waals surface area contributed by atoms with Crippen molar-refractivity contribution in [3.8, 4) is 11.6 Å². The van der Waals surface area contributed by atoms with Crippen LogP contribution in [0.2, 0.25) is 0 Å². The zero-order valence-corrected chi connectivity index (χ0v) is 22.8. The molecule has 0 bridgehead atoms. The molecule has 1 saturated heterocycles. The third-order valence-corrected chi connectivity index (χ3v) is 7.61. The smallest absolute Gasteiger partial charge is 0.260 e. The maximum absolute atomic E-state index is 15.8. The van der Waals surface area contributed by atoms with Crippen molar-refractivity contribution in [2.45, 2.75) is 44.7 Å². The molecule has 5 aromatic rings. The molecule has 1 amide bonds. The summed E-state index contributed by atoms with van der Waals surface area (Å²) in [6.45, 7) is 3.49. The molecule has 1 aliphatic heterocycles. The fourth-order valence-corrected chi connectivity index (χ4v) is 5.57. The lowest BCUT2D eigenvalue weighted by atomic mass is 10.0. The van der Waals surface area contributed by atoms with E-state index in [1.54, 1.807) is 46.7 Å². The molecule has 4 aromatic heterocycles. The zero-order valence-electron chi connectivity index (χ0n) is 22.8. The molecule has 210 valence electrons. The highest BCUT2D eigenvalue weighted by Gasteiger charge is 2.29. The third-order valence-electron chi connectivity index (χ3n) is 7.61. The summed E-state index contributed by atoms with van der Waals surface area (Å²) in [5.74, 6) is -0.568. The van der Waals surface area contributed by atoms with Crippen LogP contribution in [0, 0.1) is 12.7 Å². The summed E-state index contributed by atoms with van der Waals surface area (Å²) in [6, 6.07) is 7.65. The fraction of sp³-hybridized carbons (Fsp3) is 0.345. The minimum Gasteiger partial charge on any atom is -0.434 e. The van der Waals surface area contributed by atoms with Crippen molar-refractivity contribution in [3.05, 3.63) is 66.1 Å². The van der Waals surface area contributed by atoms with Gasteiger partial charge in [-0.15, -0.1) is 5.10 Å². The van der Waals surface area contributed by atoms with Gasteiger partial charge in [-0.05, 0) is 44.7 Å². The standard InChI is InChI=1S/C29H30FN9O2/c1-17-14-39-15-20(12-24(28(39)32-17)41-25-4-3-9-31-35-25)34-29(40)26-22(30)13-23(21-16-37(2)36-27(21)26)38-10-7-19(8-11-38)33-18-5-6-18/h3-4,9,12-16,18-19,33H,5-8,10-11H2,1-2H3,(H,34,40). The van der Waals surface area contributed by atoms with E-state index < -0.39 is 11.7 Å². The molecule has 2 fully saturated rings. The minimum absolute atomic E-state index is 0.104. The van der Waals surface area contributed by atoms with E-state index in [2.05, 4.69) is 35.8 Å². The highest BCUT2D eigenvalue weighted by Crippen LogP contribution is 2.34. The van der Waals surface area contributed by atoms with E-state index in [1.807, 2.05) is 19.3 Å². The quantitative estimate of drug-likeness (QED) is 0.307. The molecule has 0 spiro atoms. The van der Waals surface area contributed by atoms with Crippen molar-refractivity contribution >= 4 is 33.8 Å². The largest absolute Gasteiger partial charge is 0.434 e. The number of aromatic nitrogens is 6. The lowest BCUT2D eigenvalue weighted by Crippen LogP contribution is -2.43. The molecule has 41 heavy (non-hydrogen) atoms. The van der Waals surface area contributed by atoms with E-state index in [9.17, 15) is 4.79 Å². The predicted molar refractivity (Wildman–Crippen MR) is 152 cm³/mol. The van der Waals surface area contributed by atoms with Gasteiger partial charge in [-0.3, -0.25) is 9.48 Å². The molecule has 0 atom stereocenters. The third kappa shape index (κ3) is 5.06. The monoisotopic (exact) mass is 555 g/mol. The van der Waals surface area contributed by atoms with E-state index in [4.69, 9.17) is 4.74 Å². The molecule has 7 rings (SSSR count). The number of rotatable bonds is 7. The number of carbonyl (C=O) groups is 1. The van der Waals surface area contributed by atoms with E-state index in [1.165, 1.54) is 18.9 Å². The second-order valence-corrected chi connectivity index (χ2v) is 10.8. The first-order valence-corrected chi connectivity index (χ1v) is 13.8. The van der Waals surface area contributed by atoms with E-state index in [0.29, 0.717) is 34.7 Å². The summed E-state index contributed by atoms with van der Waals surface area (Å²) in [6.07, 6.45) is 11.4. The Kier molecular flexibility index (Phi) is 6.26. The van der Waals surface area contributed by atoms with Crippen molar-refractivity contribution in [2.24, 2.45) is 7.05 Å². The molecule has 1 saturated carbocycles. The Morgan fingerprint density at radius 2 is 1.90 bits per heavy atom. The summed E-state index contributed by atoms with van der Waals surface area (Å²) in [7, 11) is 1.78. The van der Waals surface area contributed by atoms with Gasteiger partial charge in [-0.25, -0.2) is 9.37 Å². The number of anilines is 2. The highest BCUT2D eigenvalue weighted by molar-refractivity contribution is 6.14. The Morgan fingerprint density at radius 1 is 1.10 bits per heavy atom. The van der Waals surface area contributed by atoms with Gasteiger partial charge in [-0.1, -0.05) is 0 Å². The number of piperidine rings is 1. The number of imidazole rings is 1. The summed E-state index contributed by atoms with van der Waals surface area (Å²) in [5.41, 5.74) is 2.70. The van der Waals surface area contributed by atoms with Crippen LogP contribution in [0.4, 0.5) is 15.8 Å². The van der Waals surface area contributed by atoms with Crippen molar-refractivity contribution in [1.82, 2.24) is 34.7 Å². The molecule has 1 aliphatic carbocycles. The molecular weight excluding hydrogens is 525 g/mol. The maximum atomic E-state index is 15.8. The summed E-state index contributed by atoms with van der Waals surface area (Å²) in [4.78, 5) is 20.3. The Morgan fingerprint density at radius 3 is 2.66 bits per heavy atom. The van der Waals surface area contributed by atoms with E-state index >= 15 is 4.39 Å². The number of hydrogen-bond acceptors (Lipinski definition) is 8. The number of benzene rings is 1. The Labute approximate surface area is 235 Å². The second kappa shape index (κ2) is 10.1. The molecule has 2 aliphatic rings. The van der Waals surface area contributed by atoms with Crippen LogP contribution in [0.25, 0.3) is 16.6 Å². The number of hydrogen-bond donors (Lipinski definition) is 2. The molecule has 2 N–H and O–H groups in total. The van der Waals surface area contributed by atoms with Crippen molar-refractivity contribution < 1.29 is 13.9 Å². The summed E-state index contributed by atoms with van der Waals surface area (Å²) < 4.78 is 25.1. The Hall–Kier alpha value is -4.58. The van der Waals surface area contributed by atoms with Gasteiger partial charge in [0.1, 0.15) is 16.9 Å². The number of pyridine rings is 1. The molecule has 1 aromatic carbocycles. The van der Waals surface area contributed by atoms with Crippen molar-refractivity contribution in [2.75, 3.05) is 23.3 Å². The van der Waals surface area contributed by atoms with Gasteiger partial charge < -0.3 is 24.7 Å². The van der Waals surface area contributed by atoms with Crippen LogP contribution in [-0.2, 0) is 7.05 Å². The number of halogens is 1. The van der Waals surface area contributed by atoms with Gasteiger partial charge in [0.05, 0.1) is 17.1 Å². The number of fused-ring (bicyclic) bond motifs is 2. The molecular formula is C29H30FN9O2. The Balaban J connectivity index is 1.19. The van der Waals surface area contributed by atoms with Gasteiger partial charge in [0.25, 0.3) is 5.91 Å². The topological polar surface area (TPSA) is 114 Å². The van der Waals surface area contributed by atoms with Crippen LogP contribution in [0.1, 0.15) is 41.7 Å². The van der Waals surface area contributed by atoms with Gasteiger partial charge >= 0.3 is 0 Å². The first-order chi connectivity index (χ1) is 19.9. The van der Waals surface area contributed by atoms with Crippen LogP contribution >= 0.6 is 0 Å². The highest BCUT2D eigenvalue weighted by atomic mass is 19.1. The molecule has 11 nitrogen and oxygen atoms in total. The first kappa shape index (κ1) is 25.4. The second-order valence-electron chi connectivity index (χ2n) is 10.8. The summed E-state index contributed by atoms with van der Waals surface area (Å²) >= 11 is 0. The average molecular weight is 556 g/mol. The minimum atomic E-state index is -0.613. The van der Waals surface area contributed by atoms with Crippen LogP contribution in [0.5, 0.6) is 11.6 Å². The van der Waals surface area contributed by atoms with Gasteiger partial charge in [0, 0.05) is 74.5 Å². The van der Waals surface area contributed by atoms with E-state index in [-0.39, 0.29) is 11.4 Å². The number of aryl methyl sites for hydroxylation is 2. The fourth-order valence-electron chi connectivity index (χ4n) is 5.57. The van der Waals surface area contributed by atoms with Crippen LogP contribution in [-0.4, -0.2) is 60.4 Å². The summed E-state index contributed by atoms with van der Waals surface area (Å²) in [5, 5.41) is 19.6. The van der Waals surface area contributed by atoms with Crippen LogP contribution < -0.4 is 20.3 Å².